The first kappa shape index (κ1) is 13.6. The zero-order valence-electron chi connectivity index (χ0n) is 11.5. The van der Waals surface area contributed by atoms with Crippen molar-refractivity contribution in [2.45, 2.75) is 32.8 Å². The van der Waals surface area contributed by atoms with Gasteiger partial charge in [-0.05, 0) is 48.2 Å². The van der Waals surface area contributed by atoms with Gasteiger partial charge in [0.05, 0.1) is 6.10 Å². The monoisotopic (exact) mass is 256 g/mol. The summed E-state index contributed by atoms with van der Waals surface area (Å²) < 4.78 is 5.76. The molecular weight excluding hydrogens is 236 g/mol. The van der Waals surface area contributed by atoms with Crippen molar-refractivity contribution in [2.75, 3.05) is 0 Å². The van der Waals surface area contributed by atoms with Crippen molar-refractivity contribution in [3.63, 3.8) is 0 Å². The second kappa shape index (κ2) is 6.39. The maximum absolute atomic E-state index is 9.73. The highest BCUT2D eigenvalue weighted by molar-refractivity contribution is 5.35. The minimum Gasteiger partial charge on any atom is -0.457 e. The van der Waals surface area contributed by atoms with Crippen LogP contribution in [0, 0.1) is 0 Å². The number of hydrogen-bond donors (Lipinski definition) is 1. The lowest BCUT2D eigenvalue weighted by molar-refractivity contribution is 0.173. The normalized spacial score (nSPS) is 12.2. The van der Waals surface area contributed by atoms with E-state index in [0.717, 1.165) is 29.9 Å². The first-order chi connectivity index (χ1) is 9.22. The maximum Gasteiger partial charge on any atom is 0.127 e. The van der Waals surface area contributed by atoms with E-state index in [4.69, 9.17) is 4.74 Å². The molecule has 1 unspecified atom stereocenters. The third kappa shape index (κ3) is 3.58. The van der Waals surface area contributed by atoms with E-state index in [1.54, 1.807) is 0 Å². The minimum atomic E-state index is -0.391. The van der Waals surface area contributed by atoms with Crippen molar-refractivity contribution < 1.29 is 9.84 Å². The highest BCUT2D eigenvalue weighted by atomic mass is 16.5. The summed E-state index contributed by atoms with van der Waals surface area (Å²) in [6.07, 6.45) is 1.36. The molecule has 0 spiro atoms. The average Bonchev–Trinajstić information content (AvgIpc) is 2.48. The molecule has 0 fully saturated rings. The van der Waals surface area contributed by atoms with Crippen molar-refractivity contribution >= 4 is 0 Å². The van der Waals surface area contributed by atoms with E-state index in [9.17, 15) is 5.11 Å². The quantitative estimate of drug-likeness (QED) is 0.854. The van der Waals surface area contributed by atoms with Crippen LogP contribution in [0.5, 0.6) is 11.5 Å². The highest BCUT2D eigenvalue weighted by Gasteiger charge is 2.04. The fraction of sp³-hybridized carbons (Fsp3) is 0.294. The molecular formula is C17H20O2. The van der Waals surface area contributed by atoms with Crippen molar-refractivity contribution in [1.82, 2.24) is 0 Å². The number of aliphatic hydroxyl groups is 1. The Balaban J connectivity index is 2.06. The molecule has 2 aromatic carbocycles. The van der Waals surface area contributed by atoms with E-state index in [-0.39, 0.29) is 0 Å². The van der Waals surface area contributed by atoms with E-state index in [1.807, 2.05) is 43.3 Å². The molecule has 100 valence electrons. The Kier molecular flexibility index (Phi) is 4.58. The number of aliphatic hydroxyl groups excluding tert-OH is 1. The Morgan fingerprint density at radius 3 is 1.89 bits per heavy atom. The SMILES string of the molecule is CCc1ccc(Oc2ccc(C(O)CC)cc2)cc1. The van der Waals surface area contributed by atoms with Gasteiger partial charge in [0.15, 0.2) is 0 Å². The first-order valence-electron chi connectivity index (χ1n) is 6.77. The Hall–Kier alpha value is -1.80. The van der Waals surface area contributed by atoms with Gasteiger partial charge in [-0.15, -0.1) is 0 Å². The fourth-order valence-electron chi connectivity index (χ4n) is 1.92. The molecule has 0 aliphatic carbocycles. The molecule has 0 saturated heterocycles. The highest BCUT2D eigenvalue weighted by Crippen LogP contribution is 2.24. The topological polar surface area (TPSA) is 29.5 Å². The smallest absolute Gasteiger partial charge is 0.127 e. The zero-order chi connectivity index (χ0) is 13.7. The molecule has 0 aliphatic rings. The molecule has 0 bridgehead atoms. The van der Waals surface area contributed by atoms with Gasteiger partial charge in [0.25, 0.3) is 0 Å². The number of ether oxygens (including phenoxy) is 1. The summed E-state index contributed by atoms with van der Waals surface area (Å²) in [6, 6.07) is 15.7. The lowest BCUT2D eigenvalue weighted by Gasteiger charge is -2.10. The molecule has 0 aromatic heterocycles. The minimum absolute atomic E-state index is 0.391. The van der Waals surface area contributed by atoms with Gasteiger partial charge in [0.2, 0.25) is 0 Å². The molecule has 2 heteroatoms. The lowest BCUT2D eigenvalue weighted by atomic mass is 10.1. The molecule has 1 atom stereocenters. The van der Waals surface area contributed by atoms with Crippen LogP contribution in [-0.4, -0.2) is 5.11 Å². The van der Waals surface area contributed by atoms with Gasteiger partial charge in [0, 0.05) is 0 Å². The standard InChI is InChI=1S/C17H20O2/c1-3-13-5-9-15(10-6-13)19-16-11-7-14(8-12-16)17(18)4-2/h5-12,17-18H,3-4H2,1-2H3. The van der Waals surface area contributed by atoms with Crippen LogP contribution in [-0.2, 0) is 6.42 Å². The van der Waals surface area contributed by atoms with E-state index in [2.05, 4.69) is 19.1 Å². The van der Waals surface area contributed by atoms with Gasteiger partial charge < -0.3 is 9.84 Å². The first-order valence-corrected chi connectivity index (χ1v) is 6.77. The Labute approximate surface area is 114 Å². The van der Waals surface area contributed by atoms with Crippen LogP contribution in [0.1, 0.15) is 37.5 Å². The number of rotatable bonds is 5. The summed E-state index contributed by atoms with van der Waals surface area (Å²) in [6.45, 7) is 4.10. The number of benzene rings is 2. The van der Waals surface area contributed by atoms with Crippen LogP contribution in [0.15, 0.2) is 48.5 Å². The van der Waals surface area contributed by atoms with Crippen molar-refractivity contribution in [3.05, 3.63) is 59.7 Å². The molecule has 19 heavy (non-hydrogen) atoms. The van der Waals surface area contributed by atoms with Crippen molar-refractivity contribution in [1.29, 1.82) is 0 Å². The largest absolute Gasteiger partial charge is 0.457 e. The van der Waals surface area contributed by atoms with Crippen LogP contribution in [0.25, 0.3) is 0 Å². The molecule has 0 amide bonds. The molecule has 0 saturated carbocycles. The summed E-state index contributed by atoms with van der Waals surface area (Å²) in [5, 5.41) is 9.73. The number of hydrogen-bond acceptors (Lipinski definition) is 2. The van der Waals surface area contributed by atoms with E-state index < -0.39 is 6.10 Å². The van der Waals surface area contributed by atoms with Crippen molar-refractivity contribution in [2.24, 2.45) is 0 Å². The predicted molar refractivity (Wildman–Crippen MR) is 77.6 cm³/mol. The molecule has 0 radical (unpaired) electrons. The Morgan fingerprint density at radius 2 is 1.42 bits per heavy atom. The van der Waals surface area contributed by atoms with Gasteiger partial charge >= 0.3 is 0 Å². The molecule has 2 nitrogen and oxygen atoms in total. The van der Waals surface area contributed by atoms with Crippen LogP contribution in [0.3, 0.4) is 0 Å². The lowest BCUT2D eigenvalue weighted by Crippen LogP contribution is -1.94. The summed E-state index contributed by atoms with van der Waals surface area (Å²) in [5.74, 6) is 1.62. The van der Waals surface area contributed by atoms with Gasteiger partial charge in [0.1, 0.15) is 11.5 Å². The molecule has 2 rings (SSSR count). The second-order valence-corrected chi connectivity index (χ2v) is 4.59. The van der Waals surface area contributed by atoms with Gasteiger partial charge in [-0.3, -0.25) is 0 Å². The molecule has 1 N–H and O–H groups in total. The predicted octanol–water partition coefficient (Wildman–Crippen LogP) is 4.48. The summed E-state index contributed by atoms with van der Waals surface area (Å²) in [5.41, 5.74) is 2.23. The van der Waals surface area contributed by atoms with E-state index in [0.29, 0.717) is 0 Å². The third-order valence-corrected chi connectivity index (χ3v) is 3.22. The van der Waals surface area contributed by atoms with Gasteiger partial charge in [-0.2, -0.15) is 0 Å². The van der Waals surface area contributed by atoms with E-state index in [1.165, 1.54) is 5.56 Å². The van der Waals surface area contributed by atoms with Crippen LogP contribution < -0.4 is 4.74 Å². The van der Waals surface area contributed by atoms with Crippen LogP contribution >= 0.6 is 0 Å². The maximum atomic E-state index is 9.73. The zero-order valence-corrected chi connectivity index (χ0v) is 11.5. The Morgan fingerprint density at radius 1 is 0.895 bits per heavy atom. The summed E-state index contributed by atoms with van der Waals surface area (Å²) in [7, 11) is 0. The molecule has 0 heterocycles. The average molecular weight is 256 g/mol. The second-order valence-electron chi connectivity index (χ2n) is 4.59. The summed E-state index contributed by atoms with van der Waals surface area (Å²) in [4.78, 5) is 0. The van der Waals surface area contributed by atoms with Crippen LogP contribution in [0.2, 0.25) is 0 Å². The Bertz CT molecular complexity index is 500. The molecule has 2 aromatic rings. The summed E-state index contributed by atoms with van der Waals surface area (Å²) >= 11 is 0. The van der Waals surface area contributed by atoms with Gasteiger partial charge in [-0.25, -0.2) is 0 Å². The molecule has 0 aliphatic heterocycles. The third-order valence-electron chi connectivity index (χ3n) is 3.22. The number of aryl methyl sites for hydroxylation is 1. The fourth-order valence-corrected chi connectivity index (χ4v) is 1.92. The van der Waals surface area contributed by atoms with Gasteiger partial charge in [-0.1, -0.05) is 38.1 Å². The van der Waals surface area contributed by atoms with E-state index >= 15 is 0 Å². The van der Waals surface area contributed by atoms with Crippen LogP contribution in [0.4, 0.5) is 0 Å². The van der Waals surface area contributed by atoms with Crippen molar-refractivity contribution in [3.8, 4) is 11.5 Å².